The highest BCUT2D eigenvalue weighted by Crippen LogP contribution is 2.33. The molecule has 3 rings (SSSR count). The van der Waals surface area contributed by atoms with Gasteiger partial charge in [-0.2, -0.15) is 8.42 Å². The van der Waals surface area contributed by atoms with E-state index in [1.165, 1.54) is 67.2 Å². The zero-order valence-electron chi connectivity index (χ0n) is 27.0. The average Bonchev–Trinajstić information content (AvgIpc) is 2.95. The van der Waals surface area contributed by atoms with Crippen LogP contribution in [0.3, 0.4) is 0 Å². The number of unbranched alkanes of at least 4 members (excludes halogenated alkanes) is 8. The van der Waals surface area contributed by atoms with Crippen LogP contribution in [0.25, 0.3) is 0 Å². The van der Waals surface area contributed by atoms with Crippen LogP contribution in [0.5, 0.6) is 0 Å². The van der Waals surface area contributed by atoms with Gasteiger partial charge in [-0.25, -0.2) is 0 Å². The molecule has 4 heteroatoms. The van der Waals surface area contributed by atoms with E-state index < -0.39 is 10.1 Å². The van der Waals surface area contributed by atoms with E-state index in [0.717, 1.165) is 19.3 Å². The van der Waals surface area contributed by atoms with Gasteiger partial charge in [0, 0.05) is 5.92 Å². The molecule has 0 aromatic heterocycles. The van der Waals surface area contributed by atoms with E-state index in [4.69, 9.17) is 4.18 Å². The second kappa shape index (κ2) is 15.9. The van der Waals surface area contributed by atoms with Crippen molar-refractivity contribution in [3.05, 3.63) is 101 Å². The summed E-state index contributed by atoms with van der Waals surface area (Å²) in [5.74, 6) is 0.431. The van der Waals surface area contributed by atoms with Gasteiger partial charge in [-0.1, -0.05) is 160 Å². The maximum atomic E-state index is 12.2. The van der Waals surface area contributed by atoms with Crippen molar-refractivity contribution in [2.75, 3.05) is 6.61 Å². The quantitative estimate of drug-likeness (QED) is 0.123. The minimum atomic E-state index is -3.63. The minimum Gasteiger partial charge on any atom is -0.266 e. The van der Waals surface area contributed by atoms with Gasteiger partial charge < -0.3 is 0 Å². The lowest BCUT2D eigenvalue weighted by Crippen LogP contribution is -2.12. The first kappa shape index (κ1) is 34.1. The Morgan fingerprint density at radius 3 is 1.38 bits per heavy atom. The van der Waals surface area contributed by atoms with E-state index in [0.29, 0.717) is 5.92 Å². The fourth-order valence-corrected chi connectivity index (χ4v) is 6.43. The molecule has 3 aromatic rings. The van der Waals surface area contributed by atoms with E-state index in [9.17, 15) is 8.42 Å². The number of hydrogen-bond acceptors (Lipinski definition) is 3. The molecule has 230 valence electrons. The molecule has 0 aliphatic carbocycles. The Hall–Kier alpha value is -2.43. The van der Waals surface area contributed by atoms with Gasteiger partial charge in [-0.3, -0.25) is 4.18 Å². The van der Waals surface area contributed by atoms with Crippen molar-refractivity contribution in [3.63, 3.8) is 0 Å². The monoisotopic (exact) mass is 590 g/mol. The molecular weight excluding hydrogens is 536 g/mol. The third kappa shape index (κ3) is 11.0. The van der Waals surface area contributed by atoms with E-state index in [2.05, 4.69) is 90.1 Å². The van der Waals surface area contributed by atoms with Crippen LogP contribution in [-0.2, 0) is 25.1 Å². The molecule has 0 saturated carbocycles. The minimum absolute atomic E-state index is 0.166. The van der Waals surface area contributed by atoms with Crippen molar-refractivity contribution >= 4 is 10.1 Å². The predicted molar refractivity (Wildman–Crippen MR) is 178 cm³/mol. The molecule has 0 spiro atoms. The highest BCUT2D eigenvalue weighted by molar-refractivity contribution is 7.86. The zero-order valence-corrected chi connectivity index (χ0v) is 27.8. The van der Waals surface area contributed by atoms with Crippen LogP contribution >= 0.6 is 0 Å². The standard InChI is InChI=1S/C38H54O3S/c1-37(2,3)33-26-22-31(23-27-33)36(32-24-28-34(29-25-32)38(4,5)6)21-17-12-10-8-7-9-11-13-18-30-41-42(39,40)35-19-15-14-16-20-35/h14-16,19-20,22-29,36H,7-13,17-18,21,30H2,1-6H3. The first-order valence-electron chi connectivity index (χ1n) is 16.0. The van der Waals surface area contributed by atoms with E-state index in [-0.39, 0.29) is 22.3 Å². The first-order chi connectivity index (χ1) is 19.9. The summed E-state index contributed by atoms with van der Waals surface area (Å²) >= 11 is 0. The largest absolute Gasteiger partial charge is 0.296 e. The average molecular weight is 591 g/mol. The molecule has 0 aliphatic heterocycles. The summed E-state index contributed by atoms with van der Waals surface area (Å²) in [5, 5.41) is 0. The molecule has 0 heterocycles. The third-order valence-electron chi connectivity index (χ3n) is 8.27. The maximum absolute atomic E-state index is 12.2. The second-order valence-corrected chi connectivity index (χ2v) is 15.5. The van der Waals surface area contributed by atoms with Crippen LogP contribution in [0.2, 0.25) is 0 Å². The van der Waals surface area contributed by atoms with Crippen molar-refractivity contribution in [1.29, 1.82) is 0 Å². The maximum Gasteiger partial charge on any atom is 0.296 e. The molecule has 3 nitrogen and oxygen atoms in total. The zero-order chi connectivity index (χ0) is 30.6. The molecule has 0 aliphatic rings. The highest BCUT2D eigenvalue weighted by Gasteiger charge is 2.19. The highest BCUT2D eigenvalue weighted by atomic mass is 32.2. The van der Waals surface area contributed by atoms with Gasteiger partial charge in [0.1, 0.15) is 0 Å². The van der Waals surface area contributed by atoms with Crippen LogP contribution in [0, 0.1) is 0 Å². The summed E-state index contributed by atoms with van der Waals surface area (Å²) in [6.45, 7) is 13.9. The molecule has 0 radical (unpaired) electrons. The second-order valence-electron chi connectivity index (χ2n) is 13.9. The number of rotatable bonds is 16. The fraction of sp³-hybridized carbons (Fsp3) is 0.526. The summed E-state index contributed by atoms with van der Waals surface area (Å²) in [4.78, 5) is 0.230. The summed E-state index contributed by atoms with van der Waals surface area (Å²) in [6, 6.07) is 27.1. The van der Waals surface area contributed by atoms with Gasteiger partial charge in [0.15, 0.2) is 0 Å². The van der Waals surface area contributed by atoms with Gasteiger partial charge in [-0.15, -0.1) is 0 Å². The first-order valence-corrected chi connectivity index (χ1v) is 17.4. The fourth-order valence-electron chi connectivity index (χ4n) is 5.47. The molecule has 0 N–H and O–H groups in total. The summed E-state index contributed by atoms with van der Waals surface area (Å²) < 4.78 is 29.5. The molecule has 3 aromatic carbocycles. The Labute approximate surface area is 257 Å². The van der Waals surface area contributed by atoms with Gasteiger partial charge in [0.05, 0.1) is 11.5 Å². The van der Waals surface area contributed by atoms with E-state index in [1.54, 1.807) is 30.3 Å². The van der Waals surface area contributed by atoms with E-state index in [1.807, 2.05) is 0 Å². The summed E-state index contributed by atoms with van der Waals surface area (Å²) in [5.41, 5.74) is 5.95. The van der Waals surface area contributed by atoms with Gasteiger partial charge in [0.25, 0.3) is 10.1 Å². The van der Waals surface area contributed by atoms with Crippen LogP contribution in [0.4, 0.5) is 0 Å². The molecule has 0 saturated heterocycles. The van der Waals surface area contributed by atoms with Gasteiger partial charge >= 0.3 is 0 Å². The van der Waals surface area contributed by atoms with Crippen LogP contribution in [0.15, 0.2) is 83.8 Å². The van der Waals surface area contributed by atoms with Crippen molar-refractivity contribution < 1.29 is 12.6 Å². The molecule has 0 bridgehead atoms. The van der Waals surface area contributed by atoms with Crippen molar-refractivity contribution in [1.82, 2.24) is 0 Å². The Bertz CT molecular complexity index is 1220. The van der Waals surface area contributed by atoms with E-state index >= 15 is 0 Å². The molecule has 42 heavy (non-hydrogen) atoms. The van der Waals surface area contributed by atoms with Crippen LogP contribution in [-0.4, -0.2) is 15.0 Å². The molecule has 0 fully saturated rings. The summed E-state index contributed by atoms with van der Waals surface area (Å²) in [7, 11) is -3.63. The SMILES string of the molecule is CC(C)(C)c1ccc(C(CCCCCCCCCCCOS(=O)(=O)c2ccccc2)c2ccc(C(C)(C)C)cc2)cc1. The van der Waals surface area contributed by atoms with Crippen LogP contribution in [0.1, 0.15) is 134 Å². The lowest BCUT2D eigenvalue weighted by molar-refractivity contribution is 0.306. The molecular formula is C38H54O3S. The molecule has 0 unspecified atom stereocenters. The Balaban J connectivity index is 1.38. The molecule has 0 amide bonds. The topological polar surface area (TPSA) is 43.4 Å². The van der Waals surface area contributed by atoms with Crippen molar-refractivity contribution in [2.24, 2.45) is 0 Å². The van der Waals surface area contributed by atoms with Gasteiger partial charge in [-0.05, 0) is 58.1 Å². The lowest BCUT2D eigenvalue weighted by atomic mass is 9.81. The molecule has 0 atom stereocenters. The smallest absolute Gasteiger partial charge is 0.266 e. The number of hydrogen-bond donors (Lipinski definition) is 0. The predicted octanol–water partition coefficient (Wildman–Crippen LogP) is 10.7. The third-order valence-corrected chi connectivity index (χ3v) is 9.59. The van der Waals surface area contributed by atoms with Gasteiger partial charge in [0.2, 0.25) is 0 Å². The Kier molecular flexibility index (Phi) is 12.9. The lowest BCUT2D eigenvalue weighted by Gasteiger charge is -2.24. The van der Waals surface area contributed by atoms with Crippen LogP contribution < -0.4 is 0 Å². The summed E-state index contributed by atoms with van der Waals surface area (Å²) in [6.07, 6.45) is 11.6. The number of benzene rings is 3. The van der Waals surface area contributed by atoms with Crippen molar-refractivity contribution in [2.45, 2.75) is 127 Å². The normalized spacial score (nSPS) is 12.6. The Morgan fingerprint density at radius 1 is 0.548 bits per heavy atom. The Morgan fingerprint density at radius 2 is 0.952 bits per heavy atom. The van der Waals surface area contributed by atoms with Crippen molar-refractivity contribution in [3.8, 4) is 0 Å².